The van der Waals surface area contributed by atoms with Crippen molar-refractivity contribution in [1.82, 2.24) is 0 Å². The molecular formula is C37H34Cl2Zr-2. The Balaban J connectivity index is 0.000000162. The van der Waals surface area contributed by atoms with Crippen molar-refractivity contribution in [2.45, 2.75) is 44.9 Å². The Kier molecular flexibility index (Phi) is 13.6. The molecule has 0 atom stereocenters. The van der Waals surface area contributed by atoms with Crippen molar-refractivity contribution in [1.29, 1.82) is 0 Å². The van der Waals surface area contributed by atoms with Gasteiger partial charge in [-0.25, -0.2) is 6.08 Å². The van der Waals surface area contributed by atoms with Crippen LogP contribution in [0.25, 0.3) is 11.1 Å². The molecule has 0 radical (unpaired) electrons. The molecular weight excluding hydrogens is 607 g/mol. The average molecular weight is 641 g/mol. The van der Waals surface area contributed by atoms with E-state index in [4.69, 9.17) is 0 Å². The zero-order valence-electron chi connectivity index (χ0n) is 22.8. The first-order chi connectivity index (χ1) is 18.8. The van der Waals surface area contributed by atoms with Gasteiger partial charge in [-0.1, -0.05) is 73.4 Å². The minimum Gasteiger partial charge on any atom is -0.179 e. The molecule has 3 aliphatic rings. The number of allylic oxidation sites excluding steroid dienone is 4. The van der Waals surface area contributed by atoms with Crippen LogP contribution in [0.15, 0.2) is 121 Å². The Morgan fingerprint density at radius 1 is 0.675 bits per heavy atom. The van der Waals surface area contributed by atoms with E-state index in [0.717, 1.165) is 18.8 Å². The summed E-state index contributed by atoms with van der Waals surface area (Å²) in [7, 11) is 0. The predicted octanol–water partition coefficient (Wildman–Crippen LogP) is 3.12. The molecule has 0 aliphatic heterocycles. The van der Waals surface area contributed by atoms with Crippen molar-refractivity contribution in [2.75, 3.05) is 0 Å². The van der Waals surface area contributed by atoms with E-state index in [1.165, 1.54) is 92.9 Å². The molecule has 40 heavy (non-hydrogen) atoms. The van der Waals surface area contributed by atoms with Crippen LogP contribution in [0.4, 0.5) is 0 Å². The Hall–Kier alpha value is -2.31. The van der Waals surface area contributed by atoms with Crippen molar-refractivity contribution < 1.29 is 49.0 Å². The predicted molar refractivity (Wildman–Crippen MR) is 157 cm³/mol. The van der Waals surface area contributed by atoms with Gasteiger partial charge in [-0.15, -0.1) is 12.0 Å². The number of halogens is 2. The zero-order valence-corrected chi connectivity index (χ0v) is 26.7. The molecule has 0 unspecified atom stereocenters. The molecule has 0 aromatic heterocycles. The van der Waals surface area contributed by atoms with Crippen LogP contribution in [-0.4, -0.2) is 3.21 Å². The molecule has 4 aromatic carbocycles. The smallest absolute Gasteiger partial charge is 0.0253 e. The van der Waals surface area contributed by atoms with E-state index in [9.17, 15) is 0 Å². The minimum absolute atomic E-state index is 0. The van der Waals surface area contributed by atoms with Gasteiger partial charge in [0.05, 0.1) is 0 Å². The minimum atomic E-state index is 0. The van der Waals surface area contributed by atoms with Gasteiger partial charge in [-0.2, -0.15) is 41.5 Å². The van der Waals surface area contributed by atoms with Crippen LogP contribution in [0.1, 0.15) is 60.8 Å². The van der Waals surface area contributed by atoms with Crippen molar-refractivity contribution in [2.24, 2.45) is 5.92 Å². The molecule has 7 rings (SSSR count). The van der Waals surface area contributed by atoms with E-state index in [1.807, 2.05) is 6.07 Å². The van der Waals surface area contributed by atoms with Crippen LogP contribution in [0.3, 0.4) is 0 Å². The van der Waals surface area contributed by atoms with Crippen molar-refractivity contribution in [3.05, 3.63) is 155 Å². The van der Waals surface area contributed by atoms with Gasteiger partial charge in [0.15, 0.2) is 0 Å². The number of benzene rings is 4. The topological polar surface area (TPSA) is 0 Å². The second-order valence-electron chi connectivity index (χ2n) is 10.1. The maximum Gasteiger partial charge on any atom is -0.0253 e. The summed E-state index contributed by atoms with van der Waals surface area (Å²) in [5, 5.41) is 0. The van der Waals surface area contributed by atoms with E-state index in [-0.39, 0.29) is 24.8 Å². The quantitative estimate of drug-likeness (QED) is 0.266. The summed E-state index contributed by atoms with van der Waals surface area (Å²) in [6.07, 6.45) is 17.1. The largest absolute Gasteiger partial charge is 0.179 e. The standard InChI is InChI=1S/C13H9.C13H10.C11H15.2ClH.Zr/c1-3-7-12-10(5-1)9-11-6-2-4-8-13(11)12;1-3-7-12(8-4-1)11-13-9-5-2-6-10-13;1-2-6-10(7-3-1)11-8-4-5-9-11;;;/h1-5,7-8H,9H2;1-10H;8-10H,1-4,6-7H2;2*1H;/q-1;;-1;;;+2/p-2. The number of hydrogen-bond donors (Lipinski definition) is 0. The van der Waals surface area contributed by atoms with Gasteiger partial charge >= 0.3 is 99.2 Å². The molecule has 0 N–H and O–H groups in total. The van der Waals surface area contributed by atoms with Crippen LogP contribution in [0, 0.1) is 18.1 Å². The maximum atomic E-state index is 3.30. The van der Waals surface area contributed by atoms with Crippen LogP contribution in [0.5, 0.6) is 0 Å². The SMILES string of the molecule is [C-]1=CC(C2CCCCC2)=CC1.[Cl-].[Cl-].[Zr+2]=[C](c1ccccc1)c1ccccc1.[c-]1cccc2c1Cc1ccccc1-2. The normalized spacial score (nSPS) is 14.5. The molecule has 3 heteroatoms. The summed E-state index contributed by atoms with van der Waals surface area (Å²) in [6.45, 7) is 0. The first kappa shape index (κ1) is 32.2. The zero-order chi connectivity index (χ0) is 26.0. The van der Waals surface area contributed by atoms with Gasteiger partial charge in [0.25, 0.3) is 0 Å². The Morgan fingerprint density at radius 3 is 1.90 bits per heavy atom. The molecule has 3 aliphatic carbocycles. The summed E-state index contributed by atoms with van der Waals surface area (Å²) in [5.74, 6) is 0.888. The van der Waals surface area contributed by atoms with E-state index in [2.05, 4.69) is 121 Å². The van der Waals surface area contributed by atoms with Crippen molar-refractivity contribution in [3.8, 4) is 11.1 Å². The van der Waals surface area contributed by atoms with Crippen molar-refractivity contribution >= 4 is 3.21 Å². The average Bonchev–Trinajstić information content (AvgIpc) is 3.68. The van der Waals surface area contributed by atoms with E-state index in [0.29, 0.717) is 0 Å². The fourth-order valence-electron chi connectivity index (χ4n) is 5.51. The molecule has 0 bridgehead atoms. The summed E-state index contributed by atoms with van der Waals surface area (Å²) in [5.41, 5.74) is 9.75. The van der Waals surface area contributed by atoms with Gasteiger partial charge < -0.3 is 24.8 Å². The second kappa shape index (κ2) is 16.8. The second-order valence-corrected chi connectivity index (χ2v) is 11.3. The van der Waals surface area contributed by atoms with Crippen LogP contribution < -0.4 is 24.8 Å². The maximum absolute atomic E-state index is 3.30. The fourth-order valence-corrected chi connectivity index (χ4v) is 6.33. The molecule has 4 aromatic rings. The van der Waals surface area contributed by atoms with E-state index >= 15 is 0 Å². The molecule has 0 saturated heterocycles. The van der Waals surface area contributed by atoms with Gasteiger partial charge in [0.2, 0.25) is 0 Å². The molecule has 0 nitrogen and oxygen atoms in total. The van der Waals surface area contributed by atoms with Gasteiger partial charge in [-0.05, 0) is 6.42 Å². The first-order valence-electron chi connectivity index (χ1n) is 13.8. The number of rotatable bonds is 3. The van der Waals surface area contributed by atoms with Gasteiger partial charge in [-0.3, -0.25) is 6.08 Å². The van der Waals surface area contributed by atoms with Crippen molar-refractivity contribution in [3.63, 3.8) is 0 Å². The Labute approximate surface area is 267 Å². The molecule has 0 spiro atoms. The molecule has 1 saturated carbocycles. The monoisotopic (exact) mass is 638 g/mol. The van der Waals surface area contributed by atoms with Gasteiger partial charge in [0, 0.05) is 0 Å². The first-order valence-corrected chi connectivity index (χ1v) is 15.1. The number of fused-ring (bicyclic) bond motifs is 3. The molecule has 202 valence electrons. The molecule has 1 fully saturated rings. The van der Waals surface area contributed by atoms with E-state index in [1.54, 1.807) is 5.57 Å². The van der Waals surface area contributed by atoms with Gasteiger partial charge in [0.1, 0.15) is 0 Å². The van der Waals surface area contributed by atoms with Crippen LogP contribution in [-0.2, 0) is 30.7 Å². The summed E-state index contributed by atoms with van der Waals surface area (Å²) in [6, 6.07) is 39.2. The summed E-state index contributed by atoms with van der Waals surface area (Å²) < 4.78 is 1.42. The van der Waals surface area contributed by atoms with Crippen LogP contribution >= 0.6 is 0 Å². The third-order valence-corrected chi connectivity index (χ3v) is 8.96. The third kappa shape index (κ3) is 8.60. The Bertz CT molecular complexity index is 1320. The molecule has 0 amide bonds. The third-order valence-electron chi connectivity index (χ3n) is 7.54. The summed E-state index contributed by atoms with van der Waals surface area (Å²) >= 11 is 1.46. The molecule has 0 heterocycles. The van der Waals surface area contributed by atoms with Crippen LogP contribution in [0.2, 0.25) is 0 Å². The summed E-state index contributed by atoms with van der Waals surface area (Å²) in [4.78, 5) is 0. The Morgan fingerprint density at radius 2 is 1.27 bits per heavy atom. The fraction of sp³-hybridized carbons (Fsp3) is 0.216. The number of hydrogen-bond acceptors (Lipinski definition) is 0. The van der Waals surface area contributed by atoms with E-state index < -0.39 is 0 Å².